The fraction of sp³-hybridized carbons (Fsp3) is 0.259. The van der Waals surface area contributed by atoms with Gasteiger partial charge in [0.2, 0.25) is 0 Å². The van der Waals surface area contributed by atoms with Gasteiger partial charge in [0, 0.05) is 29.5 Å². The van der Waals surface area contributed by atoms with Crippen molar-refractivity contribution in [2.45, 2.75) is 37.5 Å². The molecule has 1 fully saturated rings. The molecule has 0 unspecified atom stereocenters. The van der Waals surface area contributed by atoms with Gasteiger partial charge in [-0.2, -0.15) is 26.3 Å². The van der Waals surface area contributed by atoms with Crippen LogP contribution in [0.3, 0.4) is 0 Å². The molecule has 5 rings (SSSR count). The largest absolute Gasteiger partial charge is 0.416 e. The third-order valence-electron chi connectivity index (χ3n) is 6.72. The van der Waals surface area contributed by atoms with Crippen molar-refractivity contribution in [3.05, 3.63) is 100.0 Å². The van der Waals surface area contributed by atoms with Crippen LogP contribution >= 0.6 is 11.6 Å². The summed E-state index contributed by atoms with van der Waals surface area (Å²) in [7, 11) is 0. The number of aliphatic hydroxyl groups is 1. The molecular weight excluding hydrogens is 576 g/mol. The molecule has 2 aromatic heterocycles. The summed E-state index contributed by atoms with van der Waals surface area (Å²) < 4.78 is 81.8. The molecular formula is C27H20ClF6N5O2. The average molecular weight is 596 g/mol. The van der Waals surface area contributed by atoms with E-state index >= 15 is 0 Å². The molecule has 1 aliphatic rings. The fourth-order valence-electron chi connectivity index (χ4n) is 4.88. The second kappa shape index (κ2) is 10.8. The molecule has 1 saturated heterocycles. The zero-order valence-corrected chi connectivity index (χ0v) is 21.6. The van der Waals surface area contributed by atoms with Crippen molar-refractivity contribution in [3.8, 4) is 11.3 Å². The first-order valence-corrected chi connectivity index (χ1v) is 12.6. The Balaban J connectivity index is 1.59. The molecule has 4 aromatic rings. The molecule has 14 heteroatoms. The summed E-state index contributed by atoms with van der Waals surface area (Å²) in [6.07, 6.45) is -7.96. The number of benzene rings is 2. The number of likely N-dealkylation sites (tertiary alicyclic amines) is 1. The predicted octanol–water partition coefficient (Wildman–Crippen LogP) is 6.03. The first kappa shape index (κ1) is 28.6. The van der Waals surface area contributed by atoms with Crippen LogP contribution < -0.4 is 0 Å². The van der Waals surface area contributed by atoms with Gasteiger partial charge in [0.15, 0.2) is 5.69 Å². The number of halogens is 7. The molecule has 214 valence electrons. The van der Waals surface area contributed by atoms with Crippen molar-refractivity contribution in [1.82, 2.24) is 24.9 Å². The lowest BCUT2D eigenvalue weighted by molar-refractivity contribution is -0.143. The molecule has 3 heterocycles. The molecule has 41 heavy (non-hydrogen) atoms. The van der Waals surface area contributed by atoms with Crippen molar-refractivity contribution < 1.29 is 36.2 Å². The Bertz CT molecular complexity index is 1540. The Morgan fingerprint density at radius 3 is 2.22 bits per heavy atom. The van der Waals surface area contributed by atoms with E-state index < -0.39 is 48.1 Å². The van der Waals surface area contributed by atoms with E-state index in [0.29, 0.717) is 28.3 Å². The van der Waals surface area contributed by atoms with Crippen LogP contribution in [0.5, 0.6) is 0 Å². The number of alkyl halides is 6. The lowest BCUT2D eigenvalue weighted by atomic mass is 10.0. The van der Waals surface area contributed by atoms with E-state index in [-0.39, 0.29) is 36.0 Å². The number of amides is 1. The maximum absolute atomic E-state index is 13.9. The Kier molecular flexibility index (Phi) is 7.51. The summed E-state index contributed by atoms with van der Waals surface area (Å²) in [4.78, 5) is 19.2. The molecule has 1 amide bonds. The number of nitrogens with zero attached hydrogens (tertiary/aromatic N) is 5. The quantitative estimate of drug-likeness (QED) is 0.285. The number of aliphatic hydroxyl groups excluding tert-OH is 1. The summed E-state index contributed by atoms with van der Waals surface area (Å²) in [6.45, 7) is -0.414. The van der Waals surface area contributed by atoms with Gasteiger partial charge in [-0.25, -0.2) is 4.68 Å². The number of carbonyl (C=O) groups is 1. The van der Waals surface area contributed by atoms with E-state index in [1.54, 1.807) is 24.3 Å². The number of pyridine rings is 1. The van der Waals surface area contributed by atoms with Crippen LogP contribution in [-0.2, 0) is 18.9 Å². The van der Waals surface area contributed by atoms with Crippen LogP contribution in [0.1, 0.15) is 45.2 Å². The summed E-state index contributed by atoms with van der Waals surface area (Å²) in [5.41, 5.74) is -2.58. The lowest BCUT2D eigenvalue weighted by Gasteiger charge is -2.27. The smallest absolute Gasteiger partial charge is 0.391 e. The van der Waals surface area contributed by atoms with Gasteiger partial charge in [-0.15, -0.1) is 5.10 Å². The molecule has 1 aliphatic heterocycles. The average Bonchev–Trinajstić information content (AvgIpc) is 3.51. The van der Waals surface area contributed by atoms with Gasteiger partial charge in [-0.1, -0.05) is 35.0 Å². The number of aromatic nitrogens is 4. The van der Waals surface area contributed by atoms with E-state index in [4.69, 9.17) is 11.6 Å². The standard InChI is InChI=1S/C27H20ClF6N5O2/c28-20-4-2-1-3-19(20)24-21(40)7-10-38(24)25(41)22-23(16-5-8-35-9-6-16)39(37-36-22)14-15-11-17(26(29,30)31)13-18(12-15)27(32,33)34/h1-6,8-9,11-13,21,24,40H,7,10,14H2/t21-,24-/m0/s1. The van der Waals surface area contributed by atoms with Crippen molar-refractivity contribution in [2.75, 3.05) is 6.54 Å². The minimum atomic E-state index is -5.03. The van der Waals surface area contributed by atoms with E-state index in [2.05, 4.69) is 15.3 Å². The third-order valence-corrected chi connectivity index (χ3v) is 7.07. The normalized spacial score (nSPS) is 17.7. The highest BCUT2D eigenvalue weighted by Gasteiger charge is 2.41. The second-order valence-electron chi connectivity index (χ2n) is 9.42. The summed E-state index contributed by atoms with van der Waals surface area (Å²) in [5.74, 6) is -0.649. The minimum absolute atomic E-state index is 0.0388. The van der Waals surface area contributed by atoms with Gasteiger partial charge >= 0.3 is 12.4 Å². The SMILES string of the molecule is O=C(c1nnn(Cc2cc(C(F)(F)F)cc(C(F)(F)F)c2)c1-c1ccncc1)N1CC[C@H](O)[C@@H]1c1ccccc1Cl. The third kappa shape index (κ3) is 5.77. The van der Waals surface area contributed by atoms with E-state index in [0.717, 1.165) is 4.68 Å². The molecule has 0 spiro atoms. The maximum Gasteiger partial charge on any atom is 0.416 e. The van der Waals surface area contributed by atoms with Crippen LogP contribution in [-0.4, -0.2) is 48.5 Å². The van der Waals surface area contributed by atoms with E-state index in [1.807, 2.05) is 0 Å². The van der Waals surface area contributed by atoms with Crippen LogP contribution in [0.15, 0.2) is 67.0 Å². The predicted molar refractivity (Wildman–Crippen MR) is 135 cm³/mol. The first-order chi connectivity index (χ1) is 19.3. The topological polar surface area (TPSA) is 84.1 Å². The molecule has 0 radical (unpaired) electrons. The van der Waals surface area contributed by atoms with Crippen LogP contribution in [0.4, 0.5) is 26.3 Å². The van der Waals surface area contributed by atoms with E-state index in [9.17, 15) is 36.2 Å². The van der Waals surface area contributed by atoms with Crippen LogP contribution in [0.2, 0.25) is 5.02 Å². The Hall–Kier alpha value is -3.97. The molecule has 2 atom stereocenters. The number of hydrogen-bond donors (Lipinski definition) is 1. The second-order valence-corrected chi connectivity index (χ2v) is 9.82. The van der Waals surface area contributed by atoms with Gasteiger partial charge < -0.3 is 10.0 Å². The Morgan fingerprint density at radius 2 is 1.61 bits per heavy atom. The van der Waals surface area contributed by atoms with Crippen molar-refractivity contribution in [3.63, 3.8) is 0 Å². The van der Waals surface area contributed by atoms with Gasteiger partial charge in [-0.05, 0) is 53.9 Å². The number of hydrogen-bond acceptors (Lipinski definition) is 5. The van der Waals surface area contributed by atoms with Gasteiger partial charge in [0.1, 0.15) is 5.69 Å². The molecule has 0 saturated carbocycles. The van der Waals surface area contributed by atoms with Gasteiger partial charge in [-0.3, -0.25) is 9.78 Å². The lowest BCUT2D eigenvalue weighted by Crippen LogP contribution is -2.34. The fourth-order valence-corrected chi connectivity index (χ4v) is 5.12. The molecule has 7 nitrogen and oxygen atoms in total. The Labute approximate surface area is 234 Å². The van der Waals surface area contributed by atoms with Crippen LogP contribution in [0, 0.1) is 0 Å². The summed E-state index contributed by atoms with van der Waals surface area (Å²) in [6, 6.07) is 10.1. The molecule has 2 aromatic carbocycles. The summed E-state index contributed by atoms with van der Waals surface area (Å²) in [5, 5.41) is 19.0. The summed E-state index contributed by atoms with van der Waals surface area (Å²) >= 11 is 6.35. The molecule has 1 N–H and O–H groups in total. The Morgan fingerprint density at radius 1 is 0.976 bits per heavy atom. The maximum atomic E-state index is 13.9. The number of rotatable bonds is 5. The van der Waals surface area contributed by atoms with Crippen molar-refractivity contribution in [2.24, 2.45) is 0 Å². The molecule has 0 aliphatic carbocycles. The van der Waals surface area contributed by atoms with Gasteiger partial charge in [0.25, 0.3) is 5.91 Å². The van der Waals surface area contributed by atoms with Crippen LogP contribution in [0.25, 0.3) is 11.3 Å². The van der Waals surface area contributed by atoms with Crippen molar-refractivity contribution in [1.29, 1.82) is 0 Å². The zero-order valence-electron chi connectivity index (χ0n) is 20.9. The molecule has 0 bridgehead atoms. The highest BCUT2D eigenvalue weighted by atomic mass is 35.5. The van der Waals surface area contributed by atoms with E-state index in [1.165, 1.54) is 29.4 Å². The monoisotopic (exact) mass is 595 g/mol. The minimum Gasteiger partial charge on any atom is -0.391 e. The van der Waals surface area contributed by atoms with Crippen molar-refractivity contribution >= 4 is 17.5 Å². The number of carbonyl (C=O) groups excluding carboxylic acids is 1. The highest BCUT2D eigenvalue weighted by molar-refractivity contribution is 6.31. The van der Waals surface area contributed by atoms with Gasteiger partial charge in [0.05, 0.1) is 29.8 Å². The zero-order chi connectivity index (χ0) is 29.5. The first-order valence-electron chi connectivity index (χ1n) is 12.2. The highest BCUT2D eigenvalue weighted by Crippen LogP contribution is 2.39.